The number of hydrogen-bond donors (Lipinski definition) is 1. The molecule has 0 saturated carbocycles. The van der Waals surface area contributed by atoms with Crippen LogP contribution >= 0.6 is 22.9 Å². The van der Waals surface area contributed by atoms with E-state index in [2.05, 4.69) is 19.9 Å². The van der Waals surface area contributed by atoms with Crippen molar-refractivity contribution in [2.45, 2.75) is 19.9 Å². The van der Waals surface area contributed by atoms with E-state index in [0.29, 0.717) is 10.9 Å². The lowest BCUT2D eigenvalue weighted by molar-refractivity contribution is -0.135. The fourth-order valence-corrected chi connectivity index (χ4v) is 3.57. The third-order valence-electron chi connectivity index (χ3n) is 3.27. The summed E-state index contributed by atoms with van der Waals surface area (Å²) in [6.07, 6.45) is 0. The Hall–Kier alpha value is -1.52. The summed E-state index contributed by atoms with van der Waals surface area (Å²) >= 11 is 7.58. The number of carboxylic acids is 1. The molecule has 0 radical (unpaired) electrons. The monoisotopic (exact) mass is 323 g/mol. The predicted octanol–water partition coefficient (Wildman–Crippen LogP) is 4.69. The Balaban J connectivity index is 2.41. The molecule has 1 N–H and O–H groups in total. The first-order chi connectivity index (χ1) is 9.99. The zero-order valence-electron chi connectivity index (χ0n) is 12.0. The van der Waals surface area contributed by atoms with Crippen LogP contribution in [0.15, 0.2) is 41.8 Å². The van der Waals surface area contributed by atoms with Crippen LogP contribution in [0.3, 0.4) is 0 Å². The molecule has 0 aliphatic rings. The minimum absolute atomic E-state index is 0.0299. The molecule has 1 aromatic carbocycles. The predicted molar refractivity (Wildman–Crippen MR) is 88.3 cm³/mol. The fourth-order valence-electron chi connectivity index (χ4n) is 2.43. The highest BCUT2D eigenvalue weighted by molar-refractivity contribution is 7.10. The SMILES string of the molecule is CC(C)C(c1cccs1)N(CC(=O)O)c1ccc(Cl)cc1. The van der Waals surface area contributed by atoms with E-state index in [4.69, 9.17) is 11.6 Å². The van der Waals surface area contributed by atoms with Crippen LogP contribution in [0.25, 0.3) is 0 Å². The number of benzene rings is 1. The first-order valence-corrected chi connectivity index (χ1v) is 8.02. The molecule has 2 aromatic rings. The highest BCUT2D eigenvalue weighted by Crippen LogP contribution is 2.35. The van der Waals surface area contributed by atoms with Crippen molar-refractivity contribution >= 4 is 34.6 Å². The number of thiophene rings is 1. The molecule has 3 nitrogen and oxygen atoms in total. The van der Waals surface area contributed by atoms with Crippen molar-refractivity contribution in [1.29, 1.82) is 0 Å². The number of hydrogen-bond acceptors (Lipinski definition) is 3. The number of anilines is 1. The van der Waals surface area contributed by atoms with Gasteiger partial charge in [0.05, 0.1) is 6.04 Å². The van der Waals surface area contributed by atoms with Gasteiger partial charge in [0.15, 0.2) is 0 Å². The minimum atomic E-state index is -0.841. The Kier molecular flexibility index (Phi) is 5.26. The van der Waals surface area contributed by atoms with E-state index in [0.717, 1.165) is 5.69 Å². The van der Waals surface area contributed by atoms with Crippen molar-refractivity contribution in [3.05, 3.63) is 51.7 Å². The Labute approximate surface area is 133 Å². The van der Waals surface area contributed by atoms with Gasteiger partial charge in [-0.1, -0.05) is 31.5 Å². The largest absolute Gasteiger partial charge is 0.480 e. The van der Waals surface area contributed by atoms with Crippen LogP contribution in [0.2, 0.25) is 5.02 Å². The van der Waals surface area contributed by atoms with Gasteiger partial charge in [0.25, 0.3) is 0 Å². The van der Waals surface area contributed by atoms with Crippen molar-refractivity contribution in [2.24, 2.45) is 5.92 Å². The van der Waals surface area contributed by atoms with Gasteiger partial charge in [0.1, 0.15) is 6.54 Å². The van der Waals surface area contributed by atoms with E-state index in [1.807, 2.05) is 28.5 Å². The lowest BCUT2D eigenvalue weighted by atomic mass is 10.00. The van der Waals surface area contributed by atoms with Crippen LogP contribution in [0, 0.1) is 5.92 Å². The zero-order valence-corrected chi connectivity index (χ0v) is 13.6. The molecule has 21 heavy (non-hydrogen) atoms. The van der Waals surface area contributed by atoms with Gasteiger partial charge in [-0.3, -0.25) is 4.79 Å². The van der Waals surface area contributed by atoms with Gasteiger partial charge >= 0.3 is 5.97 Å². The van der Waals surface area contributed by atoms with Crippen LogP contribution < -0.4 is 4.90 Å². The molecule has 1 unspecified atom stereocenters. The average molecular weight is 324 g/mol. The van der Waals surface area contributed by atoms with E-state index in [9.17, 15) is 9.90 Å². The summed E-state index contributed by atoms with van der Waals surface area (Å²) < 4.78 is 0. The maximum atomic E-state index is 11.3. The summed E-state index contributed by atoms with van der Waals surface area (Å²) in [6, 6.07) is 11.4. The third kappa shape index (κ3) is 3.99. The molecule has 0 aliphatic carbocycles. The van der Waals surface area contributed by atoms with Gasteiger partial charge < -0.3 is 10.0 Å². The van der Waals surface area contributed by atoms with Gasteiger partial charge in [0, 0.05) is 15.6 Å². The molecule has 2 rings (SSSR count). The van der Waals surface area contributed by atoms with Crippen molar-refractivity contribution in [1.82, 2.24) is 0 Å². The maximum absolute atomic E-state index is 11.3. The quantitative estimate of drug-likeness (QED) is 0.838. The summed E-state index contributed by atoms with van der Waals surface area (Å²) in [5.74, 6) is -0.550. The lowest BCUT2D eigenvalue weighted by Crippen LogP contribution is -2.36. The van der Waals surface area contributed by atoms with Crippen molar-refractivity contribution in [3.63, 3.8) is 0 Å². The fraction of sp³-hybridized carbons (Fsp3) is 0.312. The summed E-state index contributed by atoms with van der Waals surface area (Å²) in [5.41, 5.74) is 0.869. The summed E-state index contributed by atoms with van der Waals surface area (Å²) in [4.78, 5) is 14.4. The Morgan fingerprint density at radius 3 is 2.43 bits per heavy atom. The van der Waals surface area contributed by atoms with Crippen molar-refractivity contribution < 1.29 is 9.90 Å². The second kappa shape index (κ2) is 6.96. The highest BCUT2D eigenvalue weighted by Gasteiger charge is 2.26. The standard InChI is InChI=1S/C16H18ClNO2S/c1-11(2)16(14-4-3-9-21-14)18(10-15(19)20)13-7-5-12(17)6-8-13/h3-9,11,16H,10H2,1-2H3,(H,19,20). The van der Waals surface area contributed by atoms with E-state index in [1.54, 1.807) is 23.5 Å². The Morgan fingerprint density at radius 1 is 1.29 bits per heavy atom. The van der Waals surface area contributed by atoms with E-state index >= 15 is 0 Å². The third-order valence-corrected chi connectivity index (χ3v) is 4.46. The number of nitrogens with zero attached hydrogens (tertiary/aromatic N) is 1. The van der Waals surface area contributed by atoms with Gasteiger partial charge in [-0.05, 0) is 41.6 Å². The summed E-state index contributed by atoms with van der Waals surface area (Å²) in [5, 5.41) is 11.9. The summed E-state index contributed by atoms with van der Waals surface area (Å²) in [6.45, 7) is 4.17. The van der Waals surface area contributed by atoms with E-state index in [-0.39, 0.29) is 12.6 Å². The van der Waals surface area contributed by atoms with Crippen molar-refractivity contribution in [2.75, 3.05) is 11.4 Å². The topological polar surface area (TPSA) is 40.5 Å². The van der Waals surface area contributed by atoms with E-state index in [1.165, 1.54) is 4.88 Å². The van der Waals surface area contributed by atoms with Crippen LogP contribution in [0.1, 0.15) is 24.8 Å². The second-order valence-corrected chi connectivity index (χ2v) is 6.62. The molecular formula is C16H18ClNO2S. The summed E-state index contributed by atoms with van der Waals surface area (Å²) in [7, 11) is 0. The van der Waals surface area contributed by atoms with Crippen LogP contribution in [0.4, 0.5) is 5.69 Å². The van der Waals surface area contributed by atoms with Crippen LogP contribution in [-0.4, -0.2) is 17.6 Å². The Bertz CT molecular complexity index is 581. The molecule has 5 heteroatoms. The number of carboxylic acid groups (broad SMARTS) is 1. The first-order valence-electron chi connectivity index (χ1n) is 6.76. The molecule has 1 atom stereocenters. The molecule has 0 aliphatic heterocycles. The smallest absolute Gasteiger partial charge is 0.323 e. The van der Waals surface area contributed by atoms with E-state index < -0.39 is 5.97 Å². The minimum Gasteiger partial charge on any atom is -0.480 e. The molecule has 0 amide bonds. The molecule has 1 aromatic heterocycles. The molecular weight excluding hydrogens is 306 g/mol. The molecule has 0 spiro atoms. The van der Waals surface area contributed by atoms with Crippen LogP contribution in [0.5, 0.6) is 0 Å². The molecule has 0 bridgehead atoms. The first kappa shape index (κ1) is 15.9. The van der Waals surface area contributed by atoms with Gasteiger partial charge in [-0.25, -0.2) is 0 Å². The number of halogens is 1. The molecule has 1 heterocycles. The highest BCUT2D eigenvalue weighted by atomic mass is 35.5. The molecule has 112 valence electrons. The van der Waals surface area contributed by atoms with Crippen LogP contribution in [-0.2, 0) is 4.79 Å². The molecule has 0 fully saturated rings. The number of aliphatic carboxylic acids is 1. The van der Waals surface area contributed by atoms with Gasteiger partial charge in [0.2, 0.25) is 0 Å². The molecule has 0 saturated heterocycles. The Morgan fingerprint density at radius 2 is 1.95 bits per heavy atom. The van der Waals surface area contributed by atoms with Gasteiger partial charge in [-0.2, -0.15) is 0 Å². The maximum Gasteiger partial charge on any atom is 0.323 e. The second-order valence-electron chi connectivity index (χ2n) is 5.20. The normalized spacial score (nSPS) is 12.4. The number of carbonyl (C=O) groups is 1. The van der Waals surface area contributed by atoms with Crippen molar-refractivity contribution in [3.8, 4) is 0 Å². The number of rotatable bonds is 6. The average Bonchev–Trinajstić information content (AvgIpc) is 2.92. The zero-order chi connectivity index (χ0) is 15.4. The lowest BCUT2D eigenvalue weighted by Gasteiger charge is -2.34. The van der Waals surface area contributed by atoms with Gasteiger partial charge in [-0.15, -0.1) is 11.3 Å².